The number of benzene rings is 1. The fourth-order valence-electron chi connectivity index (χ4n) is 2.89. The van der Waals surface area contributed by atoms with Crippen molar-refractivity contribution in [1.82, 2.24) is 15.0 Å². The number of aromatic nitrogens is 2. The van der Waals surface area contributed by atoms with Crippen molar-refractivity contribution in [3.8, 4) is 11.4 Å². The molecule has 27 heavy (non-hydrogen) atoms. The molecule has 1 aromatic carbocycles. The van der Waals surface area contributed by atoms with E-state index in [4.69, 9.17) is 14.4 Å². The van der Waals surface area contributed by atoms with Crippen LogP contribution in [0.1, 0.15) is 24.3 Å². The molecule has 0 aliphatic carbocycles. The molecule has 1 amide bonds. The lowest BCUT2D eigenvalue weighted by molar-refractivity contribution is -0.147. The number of carbonyl (C=O) groups excluding carboxylic acids is 1. The summed E-state index contributed by atoms with van der Waals surface area (Å²) in [4.78, 5) is 29.0. The number of carbonyl (C=O) groups is 2. The Bertz CT molecular complexity index is 838. The van der Waals surface area contributed by atoms with E-state index in [0.29, 0.717) is 36.0 Å². The van der Waals surface area contributed by atoms with Gasteiger partial charge in [-0.2, -0.15) is 4.98 Å². The van der Waals surface area contributed by atoms with Crippen molar-refractivity contribution in [2.45, 2.75) is 32.3 Å². The fourth-order valence-corrected chi connectivity index (χ4v) is 2.89. The third-order valence-corrected chi connectivity index (χ3v) is 4.33. The quantitative estimate of drug-likeness (QED) is 0.818. The van der Waals surface area contributed by atoms with Crippen molar-refractivity contribution in [2.24, 2.45) is 0 Å². The van der Waals surface area contributed by atoms with Crippen LogP contribution in [0, 0.1) is 12.7 Å². The molecule has 1 aliphatic rings. The molecule has 1 aromatic heterocycles. The molecule has 1 atom stereocenters. The van der Waals surface area contributed by atoms with Gasteiger partial charge in [-0.15, -0.1) is 0 Å². The van der Waals surface area contributed by atoms with Crippen LogP contribution < -0.4 is 0 Å². The minimum Gasteiger partial charge on any atom is -0.481 e. The Hall–Kier alpha value is -2.81. The van der Waals surface area contributed by atoms with Gasteiger partial charge in [-0.25, -0.2) is 4.39 Å². The van der Waals surface area contributed by atoms with Gasteiger partial charge in [0, 0.05) is 31.5 Å². The Labute approximate surface area is 154 Å². The van der Waals surface area contributed by atoms with Gasteiger partial charge in [-0.1, -0.05) is 5.16 Å². The lowest BCUT2D eigenvalue weighted by atomic mass is 10.1. The number of aliphatic carboxylic acids is 1. The maximum Gasteiger partial charge on any atom is 0.306 e. The number of carboxylic acids is 1. The number of carboxylic acid groups (broad SMARTS) is 1. The molecule has 1 saturated heterocycles. The summed E-state index contributed by atoms with van der Waals surface area (Å²) in [6.45, 7) is 2.66. The zero-order chi connectivity index (χ0) is 19.4. The molecular weight excluding hydrogens is 357 g/mol. The Morgan fingerprint density at radius 2 is 2.22 bits per heavy atom. The predicted molar refractivity (Wildman–Crippen MR) is 91.3 cm³/mol. The second kappa shape index (κ2) is 8.26. The smallest absolute Gasteiger partial charge is 0.306 e. The summed E-state index contributed by atoms with van der Waals surface area (Å²) in [7, 11) is 0. The topological polar surface area (TPSA) is 106 Å². The minimum absolute atomic E-state index is 0.119. The molecule has 9 heteroatoms. The molecule has 0 spiro atoms. The maximum atomic E-state index is 13.4. The van der Waals surface area contributed by atoms with Crippen molar-refractivity contribution in [1.29, 1.82) is 0 Å². The third-order valence-electron chi connectivity index (χ3n) is 4.33. The maximum absolute atomic E-state index is 13.4. The monoisotopic (exact) mass is 377 g/mol. The number of nitrogens with zero attached hydrogens (tertiary/aromatic N) is 3. The molecule has 1 aliphatic heterocycles. The standard InChI is InChI=1S/C18H20FN3O5/c1-11-8-12(2-3-14(11)19)18-20-15(27-21-18)4-5-16(23)22-6-7-26-13(10-22)9-17(24)25/h2-3,8,13H,4-7,9-10H2,1H3,(H,24,25)/t13-/m0/s1. The van der Waals surface area contributed by atoms with Crippen molar-refractivity contribution in [3.05, 3.63) is 35.5 Å². The van der Waals surface area contributed by atoms with E-state index in [1.165, 1.54) is 6.07 Å². The summed E-state index contributed by atoms with van der Waals surface area (Å²) < 4.78 is 23.9. The highest BCUT2D eigenvalue weighted by Crippen LogP contribution is 2.19. The lowest BCUT2D eigenvalue weighted by Crippen LogP contribution is -2.46. The SMILES string of the molecule is Cc1cc(-c2noc(CCC(=O)N3CCO[C@@H](CC(=O)O)C3)n2)ccc1F. The molecule has 1 fully saturated rings. The van der Waals surface area contributed by atoms with Gasteiger partial charge in [-0.05, 0) is 30.7 Å². The van der Waals surface area contributed by atoms with Crippen molar-refractivity contribution in [3.63, 3.8) is 0 Å². The van der Waals surface area contributed by atoms with Crippen molar-refractivity contribution in [2.75, 3.05) is 19.7 Å². The third kappa shape index (κ3) is 4.88. The van der Waals surface area contributed by atoms with Crippen molar-refractivity contribution < 1.29 is 28.3 Å². The molecular formula is C18H20FN3O5. The highest BCUT2D eigenvalue weighted by Gasteiger charge is 2.26. The second-order valence-corrected chi connectivity index (χ2v) is 6.41. The number of rotatable bonds is 6. The Kier molecular flexibility index (Phi) is 5.80. The number of hydrogen-bond acceptors (Lipinski definition) is 6. The van der Waals surface area contributed by atoms with Gasteiger partial charge in [0.25, 0.3) is 0 Å². The van der Waals surface area contributed by atoms with E-state index in [2.05, 4.69) is 10.1 Å². The van der Waals surface area contributed by atoms with Crippen LogP contribution in [-0.2, 0) is 20.7 Å². The van der Waals surface area contributed by atoms with Gasteiger partial charge in [0.15, 0.2) is 0 Å². The summed E-state index contributed by atoms with van der Waals surface area (Å²) in [6.07, 6.45) is -0.179. The first-order valence-corrected chi connectivity index (χ1v) is 8.62. The van der Waals surface area contributed by atoms with E-state index in [0.717, 1.165) is 0 Å². The second-order valence-electron chi connectivity index (χ2n) is 6.41. The Morgan fingerprint density at radius 3 is 2.96 bits per heavy atom. The van der Waals surface area contributed by atoms with Crippen LogP contribution in [-0.4, -0.2) is 57.8 Å². The summed E-state index contributed by atoms with van der Waals surface area (Å²) >= 11 is 0. The van der Waals surface area contributed by atoms with Crippen LogP contribution in [0.25, 0.3) is 11.4 Å². The first-order chi connectivity index (χ1) is 12.9. The first-order valence-electron chi connectivity index (χ1n) is 8.62. The van der Waals surface area contributed by atoms with Crippen LogP contribution in [0.3, 0.4) is 0 Å². The fraction of sp³-hybridized carbons (Fsp3) is 0.444. The van der Waals surface area contributed by atoms with Crippen LogP contribution in [0.5, 0.6) is 0 Å². The number of morpholine rings is 1. The van der Waals surface area contributed by atoms with Crippen molar-refractivity contribution >= 4 is 11.9 Å². The summed E-state index contributed by atoms with van der Waals surface area (Å²) in [5, 5.41) is 12.7. The molecule has 0 radical (unpaired) electrons. The highest BCUT2D eigenvalue weighted by molar-refractivity contribution is 5.76. The average molecular weight is 377 g/mol. The number of hydrogen-bond donors (Lipinski definition) is 1. The van der Waals surface area contributed by atoms with E-state index >= 15 is 0 Å². The lowest BCUT2D eigenvalue weighted by Gasteiger charge is -2.32. The van der Waals surface area contributed by atoms with Gasteiger partial charge in [0.2, 0.25) is 17.6 Å². The van der Waals surface area contributed by atoms with E-state index in [9.17, 15) is 14.0 Å². The molecule has 2 aromatic rings. The minimum atomic E-state index is -0.955. The van der Waals surface area contributed by atoms with E-state index in [1.807, 2.05) is 0 Å². The molecule has 0 unspecified atom stereocenters. The highest BCUT2D eigenvalue weighted by atomic mass is 19.1. The van der Waals surface area contributed by atoms with Gasteiger partial charge in [0.1, 0.15) is 5.82 Å². The number of amides is 1. The normalized spacial score (nSPS) is 17.1. The van der Waals surface area contributed by atoms with Gasteiger partial charge < -0.3 is 19.3 Å². The van der Waals surface area contributed by atoms with E-state index < -0.39 is 12.1 Å². The zero-order valence-corrected chi connectivity index (χ0v) is 14.9. The summed E-state index contributed by atoms with van der Waals surface area (Å²) in [5.74, 6) is -0.723. The van der Waals surface area contributed by atoms with Crippen LogP contribution in [0.4, 0.5) is 4.39 Å². The van der Waals surface area contributed by atoms with Crippen LogP contribution in [0.15, 0.2) is 22.7 Å². The van der Waals surface area contributed by atoms with Gasteiger partial charge in [-0.3, -0.25) is 9.59 Å². The molecule has 144 valence electrons. The number of aryl methyl sites for hydroxylation is 2. The molecule has 3 rings (SSSR count). The summed E-state index contributed by atoms with van der Waals surface area (Å²) in [5.41, 5.74) is 1.12. The van der Waals surface area contributed by atoms with Gasteiger partial charge >= 0.3 is 5.97 Å². The van der Waals surface area contributed by atoms with Crippen LogP contribution in [0.2, 0.25) is 0 Å². The Morgan fingerprint density at radius 1 is 1.41 bits per heavy atom. The first kappa shape index (κ1) is 19.0. The zero-order valence-electron chi connectivity index (χ0n) is 14.9. The molecule has 0 bridgehead atoms. The Balaban J connectivity index is 1.55. The van der Waals surface area contributed by atoms with E-state index in [1.54, 1.807) is 24.0 Å². The predicted octanol–water partition coefficient (Wildman–Crippen LogP) is 1.82. The number of halogens is 1. The van der Waals surface area contributed by atoms with E-state index in [-0.39, 0.29) is 37.5 Å². The largest absolute Gasteiger partial charge is 0.481 e. The number of ether oxygens (including phenoxy) is 1. The van der Waals surface area contributed by atoms with Crippen LogP contribution >= 0.6 is 0 Å². The molecule has 2 heterocycles. The summed E-state index contributed by atoms with van der Waals surface area (Å²) in [6, 6.07) is 4.54. The molecule has 0 saturated carbocycles. The molecule has 8 nitrogen and oxygen atoms in total. The van der Waals surface area contributed by atoms with Gasteiger partial charge in [0.05, 0.1) is 19.1 Å². The average Bonchev–Trinajstić information content (AvgIpc) is 3.10. The molecule has 1 N–H and O–H groups in total.